The number of benzene rings is 1. The van der Waals surface area contributed by atoms with Crippen LogP contribution in [0.2, 0.25) is 0 Å². The van der Waals surface area contributed by atoms with Gasteiger partial charge in [-0.2, -0.15) is 0 Å². The maximum Gasteiger partial charge on any atom is 0.190 e. The van der Waals surface area contributed by atoms with Crippen LogP contribution < -0.4 is 10.6 Å². The molecule has 27 heavy (non-hydrogen) atoms. The first-order valence-electron chi connectivity index (χ1n) is 9.77. The number of nitrogens with one attached hydrogen (secondary N) is 2. The van der Waals surface area contributed by atoms with Crippen LogP contribution in [0.5, 0.6) is 0 Å². The fourth-order valence-corrected chi connectivity index (χ4v) is 3.13. The zero-order valence-electron chi connectivity index (χ0n) is 17.0. The smallest absolute Gasteiger partial charge is 0.190 e. The van der Waals surface area contributed by atoms with Gasteiger partial charge in [0.25, 0.3) is 0 Å². The van der Waals surface area contributed by atoms with Crippen LogP contribution in [-0.4, -0.2) is 52.0 Å². The molecule has 0 bridgehead atoms. The number of guanidine groups is 1. The van der Waals surface area contributed by atoms with Crippen molar-refractivity contribution >= 4 is 29.9 Å². The average Bonchev–Trinajstić information content (AvgIpc) is 3.14. The van der Waals surface area contributed by atoms with Crippen LogP contribution in [0.1, 0.15) is 38.7 Å². The van der Waals surface area contributed by atoms with Gasteiger partial charge >= 0.3 is 0 Å². The second-order valence-corrected chi connectivity index (χ2v) is 7.74. The summed E-state index contributed by atoms with van der Waals surface area (Å²) in [6.45, 7) is 8.64. The molecule has 2 N–H and O–H groups in total. The Morgan fingerprint density at radius 3 is 2.70 bits per heavy atom. The van der Waals surface area contributed by atoms with Crippen molar-refractivity contribution in [3.8, 4) is 0 Å². The van der Waals surface area contributed by atoms with Gasteiger partial charge in [-0.15, -0.1) is 24.0 Å². The number of nitrogens with zero attached hydrogens (tertiary/aromatic N) is 1. The Morgan fingerprint density at radius 2 is 2.04 bits per heavy atom. The molecule has 2 rings (SSSR count). The van der Waals surface area contributed by atoms with Crippen LogP contribution in [0.15, 0.2) is 35.3 Å². The largest absolute Gasteiger partial charge is 0.379 e. The molecule has 0 aromatic heterocycles. The Hall–Kier alpha value is -0.860. The highest BCUT2D eigenvalue weighted by Gasteiger charge is 2.19. The Morgan fingerprint density at radius 1 is 1.26 bits per heavy atom. The summed E-state index contributed by atoms with van der Waals surface area (Å²) in [5, 5.41) is 6.81. The number of ether oxygens (including phenoxy) is 2. The second kappa shape index (κ2) is 13.3. The van der Waals surface area contributed by atoms with Crippen molar-refractivity contribution in [3.63, 3.8) is 0 Å². The van der Waals surface area contributed by atoms with E-state index in [0.717, 1.165) is 64.6 Å². The van der Waals surface area contributed by atoms with Crippen molar-refractivity contribution in [2.75, 3.05) is 40.0 Å². The minimum Gasteiger partial charge on any atom is -0.379 e. The van der Waals surface area contributed by atoms with Gasteiger partial charge < -0.3 is 20.1 Å². The molecule has 1 aromatic carbocycles. The molecule has 1 atom stereocenters. The molecule has 1 unspecified atom stereocenters. The van der Waals surface area contributed by atoms with Crippen LogP contribution in [0.3, 0.4) is 0 Å². The number of rotatable bonds is 10. The van der Waals surface area contributed by atoms with Crippen LogP contribution in [0, 0.1) is 5.41 Å². The maximum absolute atomic E-state index is 5.69. The first-order chi connectivity index (χ1) is 12.6. The molecular formula is C21H36IN3O2. The maximum atomic E-state index is 5.69. The minimum atomic E-state index is 0. The molecule has 1 saturated heterocycles. The SMILES string of the molecule is CN=C(NCCCOCC1CCCO1)NCC(C)(C)Cc1ccccc1.I. The van der Waals surface area contributed by atoms with Crippen molar-refractivity contribution in [2.45, 2.75) is 45.6 Å². The van der Waals surface area contributed by atoms with E-state index >= 15 is 0 Å². The molecule has 0 spiro atoms. The van der Waals surface area contributed by atoms with E-state index in [9.17, 15) is 0 Å². The minimum absolute atomic E-state index is 0. The van der Waals surface area contributed by atoms with Gasteiger partial charge in [-0.25, -0.2) is 0 Å². The van der Waals surface area contributed by atoms with Crippen molar-refractivity contribution in [2.24, 2.45) is 10.4 Å². The van der Waals surface area contributed by atoms with Gasteiger partial charge in [0.2, 0.25) is 0 Å². The Labute approximate surface area is 181 Å². The number of hydrogen-bond donors (Lipinski definition) is 2. The number of aliphatic imine (C=N–C) groups is 1. The lowest BCUT2D eigenvalue weighted by Gasteiger charge is -2.26. The Bertz CT molecular complexity index is 531. The van der Waals surface area contributed by atoms with Gasteiger partial charge in [-0.05, 0) is 36.7 Å². The standard InChI is InChI=1S/C21H35N3O2.HI/c1-21(2,15-18-9-5-4-6-10-18)17-24-20(22-3)23-12-8-13-25-16-19-11-7-14-26-19;/h4-6,9-10,19H,7-8,11-17H2,1-3H3,(H2,22,23,24);1H. The van der Waals surface area contributed by atoms with Gasteiger partial charge in [0.15, 0.2) is 5.96 Å². The molecular weight excluding hydrogens is 453 g/mol. The first kappa shape index (κ1) is 24.2. The summed E-state index contributed by atoms with van der Waals surface area (Å²) in [5.74, 6) is 0.852. The van der Waals surface area contributed by atoms with Gasteiger partial charge in [0, 0.05) is 33.4 Å². The fraction of sp³-hybridized carbons (Fsp3) is 0.667. The summed E-state index contributed by atoms with van der Waals surface area (Å²) in [4.78, 5) is 4.31. The quantitative estimate of drug-likeness (QED) is 0.228. The molecule has 6 heteroatoms. The highest BCUT2D eigenvalue weighted by atomic mass is 127. The Balaban J connectivity index is 0.00000364. The van der Waals surface area contributed by atoms with Crippen molar-refractivity contribution in [1.29, 1.82) is 0 Å². The summed E-state index contributed by atoms with van der Waals surface area (Å²) >= 11 is 0. The topological polar surface area (TPSA) is 54.9 Å². The molecule has 5 nitrogen and oxygen atoms in total. The second-order valence-electron chi connectivity index (χ2n) is 7.74. The molecule has 0 radical (unpaired) electrons. The predicted octanol–water partition coefficient (Wildman–Crippen LogP) is 3.62. The molecule has 1 aliphatic rings. The molecule has 1 aliphatic heterocycles. The molecule has 1 aromatic rings. The lowest BCUT2D eigenvalue weighted by molar-refractivity contribution is 0.0168. The van der Waals surface area contributed by atoms with Gasteiger partial charge in [0.1, 0.15) is 0 Å². The van der Waals surface area contributed by atoms with Crippen molar-refractivity contribution < 1.29 is 9.47 Å². The third-order valence-electron chi connectivity index (χ3n) is 4.57. The Kier molecular flexibility index (Phi) is 11.9. The molecule has 0 amide bonds. The van der Waals surface area contributed by atoms with E-state index in [1.807, 2.05) is 7.05 Å². The van der Waals surface area contributed by atoms with Crippen molar-refractivity contribution in [3.05, 3.63) is 35.9 Å². The monoisotopic (exact) mass is 489 g/mol. The van der Waals surface area contributed by atoms with Crippen LogP contribution in [0.25, 0.3) is 0 Å². The van der Waals surface area contributed by atoms with E-state index in [0.29, 0.717) is 6.10 Å². The lowest BCUT2D eigenvalue weighted by atomic mass is 9.86. The molecule has 0 saturated carbocycles. The van der Waals surface area contributed by atoms with E-state index in [4.69, 9.17) is 9.47 Å². The summed E-state index contributed by atoms with van der Waals surface area (Å²) in [6, 6.07) is 10.6. The molecule has 0 aliphatic carbocycles. The third kappa shape index (κ3) is 10.3. The molecule has 1 heterocycles. The zero-order chi connectivity index (χ0) is 18.7. The lowest BCUT2D eigenvalue weighted by Crippen LogP contribution is -2.43. The third-order valence-corrected chi connectivity index (χ3v) is 4.57. The van der Waals surface area contributed by atoms with E-state index in [2.05, 4.69) is 59.8 Å². The van der Waals surface area contributed by atoms with E-state index in [1.54, 1.807) is 0 Å². The first-order valence-corrected chi connectivity index (χ1v) is 9.77. The fourth-order valence-electron chi connectivity index (χ4n) is 3.13. The highest BCUT2D eigenvalue weighted by molar-refractivity contribution is 14.0. The summed E-state index contributed by atoms with van der Waals surface area (Å²) in [5.41, 5.74) is 1.52. The highest BCUT2D eigenvalue weighted by Crippen LogP contribution is 2.20. The van der Waals surface area contributed by atoms with Gasteiger partial charge in [0.05, 0.1) is 12.7 Å². The van der Waals surface area contributed by atoms with Crippen LogP contribution in [0.4, 0.5) is 0 Å². The number of halogens is 1. The summed E-state index contributed by atoms with van der Waals surface area (Å²) in [6.07, 6.45) is 4.60. The number of hydrogen-bond acceptors (Lipinski definition) is 3. The molecule has 1 fully saturated rings. The van der Waals surface area contributed by atoms with Crippen molar-refractivity contribution in [1.82, 2.24) is 10.6 Å². The van der Waals surface area contributed by atoms with Crippen LogP contribution >= 0.6 is 24.0 Å². The van der Waals surface area contributed by atoms with Crippen LogP contribution in [-0.2, 0) is 15.9 Å². The normalized spacial score (nSPS) is 17.4. The molecule has 154 valence electrons. The summed E-state index contributed by atoms with van der Waals surface area (Å²) < 4.78 is 11.2. The van der Waals surface area contributed by atoms with E-state index < -0.39 is 0 Å². The van der Waals surface area contributed by atoms with Gasteiger partial charge in [-0.1, -0.05) is 44.2 Å². The van der Waals surface area contributed by atoms with E-state index in [1.165, 1.54) is 5.56 Å². The zero-order valence-corrected chi connectivity index (χ0v) is 19.3. The summed E-state index contributed by atoms with van der Waals surface area (Å²) in [7, 11) is 1.81. The van der Waals surface area contributed by atoms with Gasteiger partial charge in [-0.3, -0.25) is 4.99 Å². The average molecular weight is 489 g/mol. The van der Waals surface area contributed by atoms with E-state index in [-0.39, 0.29) is 29.4 Å². The predicted molar refractivity (Wildman–Crippen MR) is 123 cm³/mol.